The van der Waals surface area contributed by atoms with Crippen LogP contribution in [0.3, 0.4) is 0 Å². The van der Waals surface area contributed by atoms with Crippen molar-refractivity contribution in [3.05, 3.63) is 35.4 Å². The molecular weight excluding hydrogens is 300 g/mol. The lowest BCUT2D eigenvalue weighted by atomic mass is 9.94. The van der Waals surface area contributed by atoms with Crippen molar-refractivity contribution in [1.29, 1.82) is 0 Å². The number of Topliss-reactive ketones (excluding diaryl/α,β-unsaturated/α-hetero) is 2. The Bertz CT molecular complexity index is 507. The third-order valence-corrected chi connectivity index (χ3v) is 4.49. The van der Waals surface area contributed by atoms with Crippen molar-refractivity contribution in [3.8, 4) is 0 Å². The van der Waals surface area contributed by atoms with Crippen molar-refractivity contribution in [1.82, 2.24) is 0 Å². The van der Waals surface area contributed by atoms with Gasteiger partial charge in [0.2, 0.25) is 0 Å². The summed E-state index contributed by atoms with van der Waals surface area (Å²) in [6.45, 7) is 7.84. The number of aryl methyl sites for hydroxylation is 2. The van der Waals surface area contributed by atoms with Gasteiger partial charge in [0, 0.05) is 12.8 Å². The summed E-state index contributed by atoms with van der Waals surface area (Å²) in [7, 11) is 0. The molecule has 1 aromatic rings. The van der Waals surface area contributed by atoms with Crippen LogP contribution in [-0.2, 0) is 22.4 Å². The number of rotatable bonds is 10. The average Bonchev–Trinajstić information content (AvgIpc) is 2.56. The Morgan fingerprint density at radius 1 is 0.833 bits per heavy atom. The van der Waals surface area contributed by atoms with Crippen LogP contribution in [0.25, 0.3) is 0 Å². The molecule has 0 fully saturated rings. The van der Waals surface area contributed by atoms with E-state index in [-0.39, 0.29) is 35.5 Å². The van der Waals surface area contributed by atoms with Crippen LogP contribution in [-0.4, -0.2) is 23.7 Å². The molecule has 0 heterocycles. The number of carbonyl (C=O) groups excluding carboxylic acids is 2. The van der Waals surface area contributed by atoms with E-state index >= 15 is 0 Å². The van der Waals surface area contributed by atoms with Gasteiger partial charge in [-0.15, -0.1) is 0 Å². The molecule has 0 radical (unpaired) electrons. The zero-order valence-corrected chi connectivity index (χ0v) is 15.4. The molecule has 4 nitrogen and oxygen atoms in total. The Morgan fingerprint density at radius 2 is 1.21 bits per heavy atom. The first-order valence-electron chi connectivity index (χ1n) is 8.86. The maximum atomic E-state index is 12.0. The Morgan fingerprint density at radius 3 is 1.54 bits per heavy atom. The van der Waals surface area contributed by atoms with Crippen LogP contribution < -0.4 is 11.5 Å². The summed E-state index contributed by atoms with van der Waals surface area (Å²) >= 11 is 0. The van der Waals surface area contributed by atoms with E-state index in [2.05, 4.69) is 6.07 Å². The summed E-state index contributed by atoms with van der Waals surface area (Å²) in [5.41, 5.74) is 14.0. The van der Waals surface area contributed by atoms with Gasteiger partial charge in [-0.05, 0) is 35.8 Å². The zero-order valence-electron chi connectivity index (χ0n) is 15.4. The van der Waals surface area contributed by atoms with E-state index < -0.39 is 0 Å². The van der Waals surface area contributed by atoms with Crippen LogP contribution in [0.15, 0.2) is 24.3 Å². The van der Waals surface area contributed by atoms with Crippen molar-refractivity contribution >= 4 is 11.6 Å². The quantitative estimate of drug-likeness (QED) is 0.689. The summed E-state index contributed by atoms with van der Waals surface area (Å²) in [4.78, 5) is 24.0. The van der Waals surface area contributed by atoms with E-state index in [0.717, 1.165) is 11.1 Å². The number of hydrogen-bond acceptors (Lipinski definition) is 4. The second kappa shape index (κ2) is 9.70. The lowest BCUT2D eigenvalue weighted by molar-refractivity contribution is -0.121. The third kappa shape index (κ3) is 6.54. The molecule has 134 valence electrons. The second-order valence-electron chi connectivity index (χ2n) is 7.29. The molecule has 2 atom stereocenters. The van der Waals surface area contributed by atoms with E-state index in [4.69, 9.17) is 11.5 Å². The minimum atomic E-state index is -0.386. The smallest absolute Gasteiger partial charge is 0.150 e. The number of benzene rings is 1. The number of ketones is 2. The largest absolute Gasteiger partial charge is 0.321 e. The zero-order chi connectivity index (χ0) is 18.3. The minimum Gasteiger partial charge on any atom is -0.321 e. The fraction of sp³-hybridized carbons (Fsp3) is 0.600. The van der Waals surface area contributed by atoms with Crippen LogP contribution in [0.5, 0.6) is 0 Å². The van der Waals surface area contributed by atoms with Gasteiger partial charge in [0.05, 0.1) is 12.1 Å². The van der Waals surface area contributed by atoms with Gasteiger partial charge in [0.15, 0.2) is 0 Å². The molecule has 0 aliphatic rings. The van der Waals surface area contributed by atoms with E-state index in [1.54, 1.807) is 0 Å². The number of hydrogen-bond donors (Lipinski definition) is 2. The van der Waals surface area contributed by atoms with E-state index in [9.17, 15) is 9.59 Å². The molecule has 0 saturated heterocycles. The average molecular weight is 332 g/mol. The highest BCUT2D eigenvalue weighted by Crippen LogP contribution is 2.13. The van der Waals surface area contributed by atoms with Crippen LogP contribution in [0.2, 0.25) is 0 Å². The molecule has 0 aliphatic heterocycles. The van der Waals surface area contributed by atoms with E-state index in [1.165, 1.54) is 0 Å². The normalized spacial score (nSPS) is 14.0. The maximum absolute atomic E-state index is 12.0. The van der Waals surface area contributed by atoms with Crippen LogP contribution in [0, 0.1) is 11.8 Å². The molecule has 1 aromatic carbocycles. The van der Waals surface area contributed by atoms with Crippen LogP contribution in [0.1, 0.15) is 51.7 Å². The second-order valence-corrected chi connectivity index (χ2v) is 7.29. The lowest BCUT2D eigenvalue weighted by Gasteiger charge is -2.15. The van der Waals surface area contributed by atoms with Crippen molar-refractivity contribution in [2.45, 2.75) is 65.5 Å². The molecule has 0 aromatic heterocycles. The van der Waals surface area contributed by atoms with Gasteiger partial charge in [-0.3, -0.25) is 9.59 Å². The van der Waals surface area contributed by atoms with Crippen molar-refractivity contribution in [2.75, 3.05) is 0 Å². The van der Waals surface area contributed by atoms with Gasteiger partial charge in [0.1, 0.15) is 11.6 Å². The fourth-order valence-corrected chi connectivity index (χ4v) is 2.55. The Labute approximate surface area is 146 Å². The van der Waals surface area contributed by atoms with E-state index in [0.29, 0.717) is 25.7 Å². The third-order valence-electron chi connectivity index (χ3n) is 4.49. The Hall–Kier alpha value is -1.52. The molecule has 0 saturated carbocycles. The highest BCUT2D eigenvalue weighted by molar-refractivity contribution is 5.84. The van der Waals surface area contributed by atoms with Crippen molar-refractivity contribution in [3.63, 3.8) is 0 Å². The highest BCUT2D eigenvalue weighted by atomic mass is 16.1. The van der Waals surface area contributed by atoms with Gasteiger partial charge in [0.25, 0.3) is 0 Å². The molecule has 0 bridgehead atoms. The molecule has 2 unspecified atom stereocenters. The van der Waals surface area contributed by atoms with Gasteiger partial charge in [-0.1, -0.05) is 52.0 Å². The highest BCUT2D eigenvalue weighted by Gasteiger charge is 2.18. The molecule has 24 heavy (non-hydrogen) atoms. The molecule has 0 spiro atoms. The van der Waals surface area contributed by atoms with Crippen molar-refractivity contribution < 1.29 is 9.59 Å². The predicted molar refractivity (Wildman–Crippen MR) is 98.7 cm³/mol. The van der Waals surface area contributed by atoms with Crippen molar-refractivity contribution in [2.24, 2.45) is 23.3 Å². The molecule has 0 amide bonds. The fourth-order valence-electron chi connectivity index (χ4n) is 2.55. The topological polar surface area (TPSA) is 86.2 Å². The predicted octanol–water partition coefficient (Wildman–Crippen LogP) is 2.66. The summed E-state index contributed by atoms with van der Waals surface area (Å²) in [6.07, 6.45) is 2.29. The lowest BCUT2D eigenvalue weighted by Crippen LogP contribution is -2.35. The van der Waals surface area contributed by atoms with Crippen LogP contribution >= 0.6 is 0 Å². The molecule has 0 aliphatic carbocycles. The standard InChI is InChI=1S/C20H32N2O2/c1-13(2)19(21)17(23)10-8-15-6-5-7-16(12-15)9-11-18(24)20(22)14(3)4/h5-7,12-14,19-20H,8-11,21-22H2,1-4H3. The Balaban J connectivity index is 2.55. The molecular formula is C20H32N2O2. The molecule has 4 N–H and O–H groups in total. The van der Waals surface area contributed by atoms with Gasteiger partial charge in [-0.25, -0.2) is 0 Å². The van der Waals surface area contributed by atoms with Gasteiger partial charge < -0.3 is 11.5 Å². The summed E-state index contributed by atoms with van der Waals surface area (Å²) in [5, 5.41) is 0. The van der Waals surface area contributed by atoms with E-state index in [1.807, 2.05) is 45.9 Å². The Kier molecular flexibility index (Phi) is 8.29. The first-order valence-corrected chi connectivity index (χ1v) is 8.86. The SMILES string of the molecule is CC(C)C(N)C(=O)CCc1cccc(CCC(=O)C(N)C(C)C)c1. The van der Waals surface area contributed by atoms with Crippen LogP contribution in [0.4, 0.5) is 0 Å². The molecule has 4 heteroatoms. The molecule has 1 rings (SSSR count). The summed E-state index contributed by atoms with van der Waals surface area (Å²) in [6, 6.07) is 7.30. The number of carbonyl (C=O) groups is 2. The monoisotopic (exact) mass is 332 g/mol. The summed E-state index contributed by atoms with van der Waals surface area (Å²) in [5.74, 6) is 0.544. The maximum Gasteiger partial charge on any atom is 0.150 e. The van der Waals surface area contributed by atoms with Gasteiger partial charge >= 0.3 is 0 Å². The minimum absolute atomic E-state index is 0.105. The summed E-state index contributed by atoms with van der Waals surface area (Å²) < 4.78 is 0. The first-order chi connectivity index (χ1) is 11.2. The van der Waals surface area contributed by atoms with Gasteiger partial charge in [-0.2, -0.15) is 0 Å². The first kappa shape index (κ1) is 20.5. The number of nitrogens with two attached hydrogens (primary N) is 2.